The van der Waals surface area contributed by atoms with Crippen molar-refractivity contribution >= 4 is 29.9 Å². The summed E-state index contributed by atoms with van der Waals surface area (Å²) in [5.41, 5.74) is -1.03. The van der Waals surface area contributed by atoms with E-state index in [0.29, 0.717) is 37.7 Å². The molecule has 0 spiro atoms. The third kappa shape index (κ3) is 9.56. The van der Waals surface area contributed by atoms with Gasteiger partial charge in [-0.1, -0.05) is 19.9 Å². The predicted molar refractivity (Wildman–Crippen MR) is 105 cm³/mol. The highest BCUT2D eigenvalue weighted by atomic mass is 127. The maximum absolute atomic E-state index is 13.1. The number of benzene rings is 1. The van der Waals surface area contributed by atoms with Crippen molar-refractivity contribution in [1.29, 1.82) is 0 Å². The quantitative estimate of drug-likeness (QED) is 0.189. The van der Waals surface area contributed by atoms with Gasteiger partial charge in [-0.3, -0.25) is 4.99 Å². The van der Waals surface area contributed by atoms with Crippen LogP contribution in [0.15, 0.2) is 23.2 Å². The van der Waals surface area contributed by atoms with E-state index >= 15 is 0 Å². The Morgan fingerprint density at radius 1 is 1.23 bits per heavy atom. The van der Waals surface area contributed by atoms with E-state index in [4.69, 9.17) is 4.74 Å². The van der Waals surface area contributed by atoms with Crippen molar-refractivity contribution in [2.75, 3.05) is 26.8 Å². The maximum Gasteiger partial charge on any atom is 0.416 e. The second-order valence-electron chi connectivity index (χ2n) is 5.97. The van der Waals surface area contributed by atoms with E-state index in [-0.39, 0.29) is 36.1 Å². The third-order valence-corrected chi connectivity index (χ3v) is 3.26. The molecule has 0 atom stereocenters. The van der Waals surface area contributed by atoms with Gasteiger partial charge < -0.3 is 15.4 Å². The molecular weight excluding hydrogens is 465 g/mol. The van der Waals surface area contributed by atoms with E-state index in [0.717, 1.165) is 18.6 Å². The third-order valence-electron chi connectivity index (χ3n) is 3.26. The van der Waals surface area contributed by atoms with Gasteiger partial charge in [0.1, 0.15) is 5.82 Å². The Bertz CT molecular complexity index is 565. The molecule has 0 saturated heterocycles. The van der Waals surface area contributed by atoms with Gasteiger partial charge in [-0.2, -0.15) is 13.2 Å². The van der Waals surface area contributed by atoms with Gasteiger partial charge in [-0.25, -0.2) is 4.39 Å². The van der Waals surface area contributed by atoms with E-state index in [2.05, 4.69) is 29.5 Å². The molecule has 1 rings (SSSR count). The van der Waals surface area contributed by atoms with E-state index in [1.54, 1.807) is 0 Å². The lowest BCUT2D eigenvalue weighted by Crippen LogP contribution is -2.38. The van der Waals surface area contributed by atoms with Gasteiger partial charge in [0, 0.05) is 33.4 Å². The number of aliphatic imine (C=N–C) groups is 1. The zero-order valence-electron chi connectivity index (χ0n) is 15.1. The van der Waals surface area contributed by atoms with Crippen LogP contribution in [0.5, 0.6) is 0 Å². The summed E-state index contributed by atoms with van der Waals surface area (Å²) in [5, 5.41) is 5.80. The molecule has 0 bridgehead atoms. The van der Waals surface area contributed by atoms with Crippen molar-refractivity contribution in [3.63, 3.8) is 0 Å². The second kappa shape index (κ2) is 12.3. The lowest BCUT2D eigenvalue weighted by molar-refractivity contribution is -0.138. The molecule has 9 heteroatoms. The minimum Gasteiger partial charge on any atom is -0.381 e. The molecule has 26 heavy (non-hydrogen) atoms. The smallest absolute Gasteiger partial charge is 0.381 e. The van der Waals surface area contributed by atoms with Crippen LogP contribution in [0, 0.1) is 11.7 Å². The van der Waals surface area contributed by atoms with E-state index in [1.165, 1.54) is 7.05 Å². The van der Waals surface area contributed by atoms with Gasteiger partial charge in [0.2, 0.25) is 0 Å². The maximum atomic E-state index is 13.1. The summed E-state index contributed by atoms with van der Waals surface area (Å²) in [7, 11) is 1.53. The molecule has 2 N–H and O–H groups in total. The first kappa shape index (κ1) is 24.9. The van der Waals surface area contributed by atoms with Crippen LogP contribution in [0.4, 0.5) is 17.6 Å². The summed E-state index contributed by atoms with van der Waals surface area (Å²) in [6.07, 6.45) is -3.86. The number of nitrogens with zero attached hydrogens (tertiary/aromatic N) is 1. The van der Waals surface area contributed by atoms with Crippen LogP contribution in [-0.2, 0) is 17.5 Å². The fourth-order valence-corrected chi connectivity index (χ4v) is 2.07. The van der Waals surface area contributed by atoms with Gasteiger partial charge in [0.25, 0.3) is 0 Å². The largest absolute Gasteiger partial charge is 0.416 e. The molecular formula is C17H26F4IN3O. The molecule has 1 aromatic rings. The molecule has 0 aliphatic heterocycles. The Hall–Kier alpha value is -1.10. The molecule has 0 amide bonds. The fraction of sp³-hybridized carbons (Fsp3) is 0.588. The molecule has 0 unspecified atom stereocenters. The molecule has 0 aromatic heterocycles. The van der Waals surface area contributed by atoms with E-state index in [9.17, 15) is 17.6 Å². The Morgan fingerprint density at radius 3 is 2.50 bits per heavy atom. The predicted octanol–water partition coefficient (Wildman–Crippen LogP) is 4.19. The first-order valence-electron chi connectivity index (χ1n) is 8.12. The summed E-state index contributed by atoms with van der Waals surface area (Å²) in [6.45, 7) is 5.88. The highest BCUT2D eigenvalue weighted by Crippen LogP contribution is 2.32. The van der Waals surface area contributed by atoms with Crippen LogP contribution in [0.25, 0.3) is 0 Å². The van der Waals surface area contributed by atoms with Crippen LogP contribution in [0.3, 0.4) is 0 Å². The van der Waals surface area contributed by atoms with Crippen molar-refractivity contribution in [3.05, 3.63) is 35.1 Å². The normalized spacial score (nSPS) is 12.1. The first-order chi connectivity index (χ1) is 11.7. The zero-order chi connectivity index (χ0) is 18.9. The van der Waals surface area contributed by atoms with Gasteiger partial charge in [0.15, 0.2) is 5.96 Å². The van der Waals surface area contributed by atoms with Gasteiger partial charge in [0.05, 0.1) is 5.56 Å². The van der Waals surface area contributed by atoms with Gasteiger partial charge >= 0.3 is 6.18 Å². The average Bonchev–Trinajstić information content (AvgIpc) is 2.53. The number of hydrogen-bond donors (Lipinski definition) is 2. The van der Waals surface area contributed by atoms with E-state index in [1.807, 2.05) is 0 Å². The van der Waals surface area contributed by atoms with Crippen molar-refractivity contribution < 1.29 is 22.3 Å². The lowest BCUT2D eigenvalue weighted by Gasteiger charge is -2.16. The molecule has 0 radical (unpaired) electrons. The topological polar surface area (TPSA) is 45.7 Å². The lowest BCUT2D eigenvalue weighted by atomic mass is 10.1. The highest BCUT2D eigenvalue weighted by molar-refractivity contribution is 14.0. The monoisotopic (exact) mass is 491 g/mol. The van der Waals surface area contributed by atoms with Crippen LogP contribution >= 0.6 is 24.0 Å². The van der Waals surface area contributed by atoms with Crippen molar-refractivity contribution in [3.8, 4) is 0 Å². The molecule has 0 fully saturated rings. The minimum absolute atomic E-state index is 0. The molecule has 1 aromatic carbocycles. The van der Waals surface area contributed by atoms with Crippen molar-refractivity contribution in [2.45, 2.75) is 33.0 Å². The van der Waals surface area contributed by atoms with Crippen molar-refractivity contribution in [1.82, 2.24) is 10.6 Å². The van der Waals surface area contributed by atoms with Crippen molar-refractivity contribution in [2.24, 2.45) is 10.9 Å². The Labute approximate surface area is 168 Å². The highest BCUT2D eigenvalue weighted by Gasteiger charge is 2.33. The fourth-order valence-electron chi connectivity index (χ4n) is 2.07. The van der Waals surface area contributed by atoms with Gasteiger partial charge in [-0.05, 0) is 30.0 Å². The van der Waals surface area contributed by atoms with Gasteiger partial charge in [-0.15, -0.1) is 24.0 Å². The second-order valence-corrected chi connectivity index (χ2v) is 5.97. The van der Waals surface area contributed by atoms with Crippen LogP contribution < -0.4 is 10.6 Å². The molecule has 0 aliphatic rings. The van der Waals surface area contributed by atoms with Crippen LogP contribution in [-0.4, -0.2) is 32.8 Å². The number of nitrogens with one attached hydrogen (secondary N) is 2. The number of halogens is 5. The summed E-state index contributed by atoms with van der Waals surface area (Å²) in [5.74, 6) is -0.0674. The molecule has 0 aliphatic carbocycles. The molecule has 0 heterocycles. The molecule has 150 valence electrons. The molecule has 0 saturated carbocycles. The number of ether oxygens (including phenoxy) is 1. The van der Waals surface area contributed by atoms with E-state index < -0.39 is 17.6 Å². The standard InChI is InChI=1S/C17H25F4N3O.HI/c1-12(2)11-25-8-4-7-23-16(22-3)24-10-13-5-6-14(18)9-15(13)17(19,20)21;/h5-6,9,12H,4,7-8,10-11H2,1-3H3,(H2,22,23,24);1H. The average molecular weight is 491 g/mol. The number of hydrogen-bond acceptors (Lipinski definition) is 2. The Kier molecular flexibility index (Phi) is 11.8. The summed E-state index contributed by atoms with van der Waals surface area (Å²) in [6, 6.07) is 2.63. The first-order valence-corrected chi connectivity index (χ1v) is 8.12. The Morgan fingerprint density at radius 2 is 1.92 bits per heavy atom. The summed E-state index contributed by atoms with van der Waals surface area (Å²) >= 11 is 0. The number of rotatable bonds is 8. The number of guanidine groups is 1. The number of alkyl halides is 3. The van der Waals surface area contributed by atoms with Crippen LogP contribution in [0.1, 0.15) is 31.4 Å². The Balaban J connectivity index is 0.00000625. The SMILES string of the molecule is CN=C(NCCCOCC(C)C)NCc1ccc(F)cc1C(F)(F)F.I. The zero-order valence-corrected chi connectivity index (χ0v) is 17.5. The summed E-state index contributed by atoms with van der Waals surface area (Å²) < 4.78 is 57.4. The summed E-state index contributed by atoms with van der Waals surface area (Å²) in [4.78, 5) is 3.96. The van der Waals surface area contributed by atoms with Crippen LogP contribution in [0.2, 0.25) is 0 Å². The minimum atomic E-state index is -4.61. The molecule has 4 nitrogen and oxygen atoms in total.